The molecule has 3 rings (SSSR count). The molecule has 3 N–H and O–H groups in total. The summed E-state index contributed by atoms with van der Waals surface area (Å²) in [6.07, 6.45) is 3.28. The Morgan fingerprint density at radius 3 is 2.65 bits per heavy atom. The van der Waals surface area contributed by atoms with Crippen LogP contribution >= 0.6 is 0 Å². The molecule has 0 aliphatic carbocycles. The van der Waals surface area contributed by atoms with Gasteiger partial charge in [-0.05, 0) is 43.0 Å². The third-order valence-electron chi connectivity index (χ3n) is 3.95. The van der Waals surface area contributed by atoms with Crippen molar-refractivity contribution in [2.75, 3.05) is 11.9 Å². The number of hydrogen-bond acceptors (Lipinski definition) is 2. The number of rotatable bonds is 7. The highest BCUT2D eigenvalue weighted by Crippen LogP contribution is 2.24. The highest BCUT2D eigenvalue weighted by Gasteiger charge is 2.09. The van der Waals surface area contributed by atoms with Crippen LogP contribution in [0.1, 0.15) is 28.9 Å². The Morgan fingerprint density at radius 1 is 1.04 bits per heavy atom. The van der Waals surface area contributed by atoms with Gasteiger partial charge in [-0.2, -0.15) is 0 Å². The largest absolute Gasteiger partial charge is 0.477 e. The number of carboxylic acids is 1. The number of aromatic carboxylic acids is 1. The van der Waals surface area contributed by atoms with Crippen LogP contribution in [0.4, 0.5) is 5.69 Å². The molecule has 0 amide bonds. The van der Waals surface area contributed by atoms with Crippen molar-refractivity contribution in [2.24, 2.45) is 0 Å². The molecule has 0 radical (unpaired) electrons. The minimum atomic E-state index is -0.935. The van der Waals surface area contributed by atoms with Gasteiger partial charge < -0.3 is 15.4 Å². The molecule has 4 nitrogen and oxygen atoms in total. The number of aromatic amines is 1. The fourth-order valence-electron chi connectivity index (χ4n) is 2.75. The van der Waals surface area contributed by atoms with Crippen molar-refractivity contribution in [1.29, 1.82) is 0 Å². The molecule has 118 valence electrons. The maximum absolute atomic E-state index is 11.1. The molecule has 0 unspecified atom stereocenters. The van der Waals surface area contributed by atoms with Crippen molar-refractivity contribution in [3.05, 3.63) is 65.9 Å². The van der Waals surface area contributed by atoms with Crippen LogP contribution in [0.15, 0.2) is 54.6 Å². The Kier molecular flexibility index (Phi) is 4.62. The number of anilines is 1. The summed E-state index contributed by atoms with van der Waals surface area (Å²) >= 11 is 0. The standard InChI is InChI=1S/C19H20N2O2/c22-19(23)18-13-15-16(10-6-11-17(15)21-18)20-12-5-4-9-14-7-2-1-3-8-14/h1-3,6-8,10-11,13,20-21H,4-5,9,12H2,(H,22,23). The minimum absolute atomic E-state index is 0.221. The zero-order valence-electron chi connectivity index (χ0n) is 12.9. The topological polar surface area (TPSA) is 65.1 Å². The van der Waals surface area contributed by atoms with Gasteiger partial charge in [-0.15, -0.1) is 0 Å². The maximum atomic E-state index is 11.1. The van der Waals surface area contributed by atoms with Crippen LogP contribution in [0.2, 0.25) is 0 Å². The number of aryl methyl sites for hydroxylation is 1. The van der Waals surface area contributed by atoms with E-state index in [2.05, 4.69) is 34.6 Å². The molecule has 1 aromatic heterocycles. The lowest BCUT2D eigenvalue weighted by Gasteiger charge is -2.07. The molecule has 3 aromatic rings. The fourth-order valence-corrected chi connectivity index (χ4v) is 2.75. The lowest BCUT2D eigenvalue weighted by atomic mass is 10.1. The number of unbranched alkanes of at least 4 members (excludes halogenated alkanes) is 1. The van der Waals surface area contributed by atoms with Crippen molar-refractivity contribution in [1.82, 2.24) is 4.98 Å². The molecule has 0 saturated carbocycles. The lowest BCUT2D eigenvalue weighted by Crippen LogP contribution is -2.02. The maximum Gasteiger partial charge on any atom is 0.352 e. The van der Waals surface area contributed by atoms with Gasteiger partial charge in [0, 0.05) is 23.1 Å². The Labute approximate surface area is 135 Å². The second kappa shape index (κ2) is 7.01. The second-order valence-electron chi connectivity index (χ2n) is 5.62. The zero-order chi connectivity index (χ0) is 16.1. The first-order valence-corrected chi connectivity index (χ1v) is 7.87. The van der Waals surface area contributed by atoms with Gasteiger partial charge in [0.2, 0.25) is 0 Å². The van der Waals surface area contributed by atoms with E-state index >= 15 is 0 Å². The van der Waals surface area contributed by atoms with Gasteiger partial charge in [0.1, 0.15) is 5.69 Å². The van der Waals surface area contributed by atoms with Gasteiger partial charge in [0.05, 0.1) is 0 Å². The van der Waals surface area contributed by atoms with E-state index in [1.165, 1.54) is 5.56 Å². The van der Waals surface area contributed by atoms with E-state index in [4.69, 9.17) is 5.11 Å². The molecular formula is C19H20N2O2. The summed E-state index contributed by atoms with van der Waals surface area (Å²) in [5.74, 6) is -0.935. The van der Waals surface area contributed by atoms with Crippen LogP contribution in [-0.4, -0.2) is 22.6 Å². The van der Waals surface area contributed by atoms with E-state index in [9.17, 15) is 4.79 Å². The molecule has 0 aliphatic heterocycles. The third kappa shape index (κ3) is 3.72. The average molecular weight is 308 g/mol. The molecule has 0 atom stereocenters. The summed E-state index contributed by atoms with van der Waals surface area (Å²) in [7, 11) is 0. The predicted molar refractivity (Wildman–Crippen MR) is 93.1 cm³/mol. The summed E-state index contributed by atoms with van der Waals surface area (Å²) in [4.78, 5) is 14.0. The van der Waals surface area contributed by atoms with Gasteiger partial charge >= 0.3 is 5.97 Å². The van der Waals surface area contributed by atoms with Crippen LogP contribution in [0.5, 0.6) is 0 Å². The first-order valence-electron chi connectivity index (χ1n) is 7.87. The summed E-state index contributed by atoms with van der Waals surface area (Å²) in [5, 5.41) is 13.4. The highest BCUT2D eigenvalue weighted by atomic mass is 16.4. The van der Waals surface area contributed by atoms with E-state index < -0.39 is 5.97 Å². The van der Waals surface area contributed by atoms with Crippen molar-refractivity contribution < 1.29 is 9.90 Å². The number of carboxylic acid groups (broad SMARTS) is 1. The van der Waals surface area contributed by atoms with Crippen molar-refractivity contribution in [2.45, 2.75) is 19.3 Å². The Bertz CT molecular complexity index is 793. The van der Waals surface area contributed by atoms with Crippen molar-refractivity contribution in [3.8, 4) is 0 Å². The zero-order valence-corrected chi connectivity index (χ0v) is 12.9. The molecule has 0 aliphatic rings. The molecular weight excluding hydrogens is 288 g/mol. The summed E-state index contributed by atoms with van der Waals surface area (Å²) in [6, 6.07) is 18.0. The van der Waals surface area contributed by atoms with Gasteiger partial charge in [-0.25, -0.2) is 4.79 Å². The highest BCUT2D eigenvalue weighted by molar-refractivity contribution is 5.99. The third-order valence-corrected chi connectivity index (χ3v) is 3.95. The minimum Gasteiger partial charge on any atom is -0.477 e. The summed E-state index contributed by atoms with van der Waals surface area (Å²) in [5.41, 5.74) is 3.41. The fraction of sp³-hybridized carbons (Fsp3) is 0.211. The van der Waals surface area contributed by atoms with Gasteiger partial charge in [0.15, 0.2) is 0 Å². The molecule has 4 heteroatoms. The van der Waals surface area contributed by atoms with Crippen molar-refractivity contribution >= 4 is 22.6 Å². The quantitative estimate of drug-likeness (QED) is 0.570. The second-order valence-corrected chi connectivity index (χ2v) is 5.62. The molecule has 23 heavy (non-hydrogen) atoms. The van der Waals surface area contributed by atoms with Gasteiger partial charge in [-0.3, -0.25) is 0 Å². The van der Waals surface area contributed by atoms with E-state index in [0.29, 0.717) is 0 Å². The predicted octanol–water partition coefficient (Wildman–Crippen LogP) is 4.30. The number of carbonyl (C=O) groups is 1. The van der Waals surface area contributed by atoms with Crippen LogP contribution < -0.4 is 5.32 Å². The molecule has 0 fully saturated rings. The SMILES string of the molecule is O=C(O)c1cc2c(NCCCCc3ccccc3)cccc2[nH]1. The Balaban J connectivity index is 1.56. The Morgan fingerprint density at radius 2 is 1.87 bits per heavy atom. The smallest absolute Gasteiger partial charge is 0.352 e. The van der Waals surface area contributed by atoms with Crippen LogP contribution in [0.3, 0.4) is 0 Å². The number of fused-ring (bicyclic) bond motifs is 1. The van der Waals surface area contributed by atoms with Crippen molar-refractivity contribution in [3.63, 3.8) is 0 Å². The number of aromatic nitrogens is 1. The summed E-state index contributed by atoms with van der Waals surface area (Å²) < 4.78 is 0. The molecule has 1 heterocycles. The van der Waals surface area contributed by atoms with E-state index in [1.807, 2.05) is 24.3 Å². The average Bonchev–Trinajstić information content (AvgIpc) is 3.01. The molecule has 2 aromatic carbocycles. The monoisotopic (exact) mass is 308 g/mol. The number of benzene rings is 2. The number of nitrogens with one attached hydrogen (secondary N) is 2. The number of hydrogen-bond donors (Lipinski definition) is 3. The molecule has 0 spiro atoms. The van der Waals surface area contributed by atoms with E-state index in [-0.39, 0.29) is 5.69 Å². The lowest BCUT2D eigenvalue weighted by molar-refractivity contribution is 0.0691. The van der Waals surface area contributed by atoms with Gasteiger partial charge in [-0.1, -0.05) is 36.4 Å². The van der Waals surface area contributed by atoms with Crippen LogP contribution in [0.25, 0.3) is 10.9 Å². The molecule has 0 saturated heterocycles. The normalized spacial score (nSPS) is 10.8. The van der Waals surface area contributed by atoms with E-state index in [0.717, 1.165) is 42.4 Å². The molecule has 0 bridgehead atoms. The first-order chi connectivity index (χ1) is 11.2. The Hall–Kier alpha value is -2.75. The van der Waals surface area contributed by atoms with Crippen LogP contribution in [-0.2, 0) is 6.42 Å². The van der Waals surface area contributed by atoms with Gasteiger partial charge in [0.25, 0.3) is 0 Å². The summed E-state index contributed by atoms with van der Waals surface area (Å²) in [6.45, 7) is 0.875. The van der Waals surface area contributed by atoms with E-state index in [1.54, 1.807) is 6.07 Å². The number of H-pyrrole nitrogens is 1. The van der Waals surface area contributed by atoms with Crippen LogP contribution in [0, 0.1) is 0 Å². The first kappa shape index (κ1) is 15.2.